The SMILES string of the molecule is CCc1ccc2cc(F)c(Cl)nc2c1. The van der Waals surface area contributed by atoms with Gasteiger partial charge in [-0.25, -0.2) is 9.37 Å². The zero-order valence-corrected chi connectivity index (χ0v) is 8.48. The Balaban J connectivity index is 2.70. The Morgan fingerprint density at radius 3 is 2.86 bits per heavy atom. The number of fused-ring (bicyclic) bond motifs is 1. The molecule has 0 amide bonds. The minimum Gasteiger partial charge on any atom is -0.233 e. The van der Waals surface area contributed by atoms with Gasteiger partial charge in [0, 0.05) is 5.39 Å². The second-order valence-corrected chi connectivity index (χ2v) is 3.50. The summed E-state index contributed by atoms with van der Waals surface area (Å²) in [6.45, 7) is 2.06. The van der Waals surface area contributed by atoms with Crippen LogP contribution in [0.1, 0.15) is 12.5 Å². The molecule has 1 heterocycles. The molecule has 2 rings (SSSR count). The molecule has 0 radical (unpaired) electrons. The maximum absolute atomic E-state index is 13.0. The maximum atomic E-state index is 13.0. The van der Waals surface area contributed by atoms with Crippen molar-refractivity contribution in [1.29, 1.82) is 0 Å². The monoisotopic (exact) mass is 209 g/mol. The summed E-state index contributed by atoms with van der Waals surface area (Å²) in [6, 6.07) is 7.17. The summed E-state index contributed by atoms with van der Waals surface area (Å²) in [5.41, 5.74) is 1.92. The van der Waals surface area contributed by atoms with E-state index < -0.39 is 5.82 Å². The van der Waals surface area contributed by atoms with Crippen LogP contribution in [0, 0.1) is 5.82 Å². The van der Waals surface area contributed by atoms with Crippen molar-refractivity contribution in [2.45, 2.75) is 13.3 Å². The highest BCUT2D eigenvalue weighted by Gasteiger charge is 2.03. The summed E-state index contributed by atoms with van der Waals surface area (Å²) in [5.74, 6) is -0.469. The number of aromatic nitrogens is 1. The summed E-state index contributed by atoms with van der Waals surface area (Å²) >= 11 is 5.60. The highest BCUT2D eigenvalue weighted by atomic mass is 35.5. The van der Waals surface area contributed by atoms with Crippen LogP contribution < -0.4 is 0 Å². The van der Waals surface area contributed by atoms with Gasteiger partial charge in [-0.15, -0.1) is 0 Å². The molecule has 0 aliphatic carbocycles. The van der Waals surface area contributed by atoms with Gasteiger partial charge in [-0.05, 0) is 24.1 Å². The van der Waals surface area contributed by atoms with Crippen molar-refractivity contribution < 1.29 is 4.39 Å². The highest BCUT2D eigenvalue weighted by molar-refractivity contribution is 6.29. The van der Waals surface area contributed by atoms with E-state index in [-0.39, 0.29) is 5.15 Å². The third-order valence-corrected chi connectivity index (χ3v) is 2.47. The lowest BCUT2D eigenvalue weighted by atomic mass is 10.1. The first-order chi connectivity index (χ1) is 6.70. The van der Waals surface area contributed by atoms with Crippen LogP contribution in [0.25, 0.3) is 10.9 Å². The van der Waals surface area contributed by atoms with Gasteiger partial charge in [0.15, 0.2) is 11.0 Å². The van der Waals surface area contributed by atoms with E-state index in [9.17, 15) is 4.39 Å². The molecule has 2 aromatic rings. The first-order valence-corrected chi connectivity index (χ1v) is 4.83. The lowest BCUT2D eigenvalue weighted by Gasteiger charge is -2.01. The molecular weight excluding hydrogens is 201 g/mol. The molecule has 0 N–H and O–H groups in total. The molecule has 0 saturated carbocycles. The third kappa shape index (κ3) is 1.58. The Bertz CT molecular complexity index is 482. The van der Waals surface area contributed by atoms with Crippen LogP contribution in [0.4, 0.5) is 4.39 Å². The van der Waals surface area contributed by atoms with Crippen LogP contribution in [0.3, 0.4) is 0 Å². The Morgan fingerprint density at radius 2 is 2.14 bits per heavy atom. The molecule has 1 aromatic carbocycles. The number of aryl methyl sites for hydroxylation is 1. The molecular formula is C11H9ClFN. The first-order valence-electron chi connectivity index (χ1n) is 4.45. The lowest BCUT2D eigenvalue weighted by molar-refractivity contribution is 0.625. The van der Waals surface area contributed by atoms with E-state index in [0.717, 1.165) is 17.3 Å². The van der Waals surface area contributed by atoms with Crippen LogP contribution in [-0.4, -0.2) is 4.98 Å². The van der Waals surface area contributed by atoms with E-state index in [1.807, 2.05) is 18.2 Å². The molecule has 3 heteroatoms. The van der Waals surface area contributed by atoms with Crippen LogP contribution >= 0.6 is 11.6 Å². The van der Waals surface area contributed by atoms with Crippen LogP contribution in [0.15, 0.2) is 24.3 Å². The van der Waals surface area contributed by atoms with Gasteiger partial charge in [-0.1, -0.05) is 30.7 Å². The van der Waals surface area contributed by atoms with Crippen molar-refractivity contribution in [2.24, 2.45) is 0 Å². The van der Waals surface area contributed by atoms with Gasteiger partial charge in [0.2, 0.25) is 0 Å². The third-order valence-electron chi connectivity index (χ3n) is 2.20. The number of nitrogens with zero attached hydrogens (tertiary/aromatic N) is 1. The fourth-order valence-corrected chi connectivity index (χ4v) is 1.53. The standard InChI is InChI=1S/C11H9ClFN/c1-2-7-3-4-8-6-9(13)11(12)14-10(8)5-7/h3-6H,2H2,1H3. The molecule has 0 aliphatic rings. The van der Waals surface area contributed by atoms with Gasteiger partial charge in [0.05, 0.1) is 5.52 Å². The van der Waals surface area contributed by atoms with Gasteiger partial charge in [-0.3, -0.25) is 0 Å². The van der Waals surface area contributed by atoms with E-state index in [1.54, 1.807) is 0 Å². The van der Waals surface area contributed by atoms with Crippen LogP contribution in [0.5, 0.6) is 0 Å². The van der Waals surface area contributed by atoms with Gasteiger partial charge in [0.1, 0.15) is 0 Å². The van der Waals surface area contributed by atoms with Crippen molar-refractivity contribution >= 4 is 22.5 Å². The number of benzene rings is 1. The molecule has 0 unspecified atom stereocenters. The number of hydrogen-bond acceptors (Lipinski definition) is 1. The summed E-state index contributed by atoms with van der Waals surface area (Å²) in [6.07, 6.45) is 0.937. The second-order valence-electron chi connectivity index (χ2n) is 3.14. The molecule has 1 nitrogen and oxygen atoms in total. The number of rotatable bonds is 1. The van der Waals surface area contributed by atoms with E-state index >= 15 is 0 Å². The number of hydrogen-bond donors (Lipinski definition) is 0. The molecule has 0 atom stereocenters. The Hall–Kier alpha value is -1.15. The van der Waals surface area contributed by atoms with E-state index in [2.05, 4.69) is 11.9 Å². The fraction of sp³-hybridized carbons (Fsp3) is 0.182. The van der Waals surface area contributed by atoms with Gasteiger partial charge < -0.3 is 0 Å². The normalized spacial score (nSPS) is 10.8. The van der Waals surface area contributed by atoms with E-state index in [1.165, 1.54) is 11.6 Å². The van der Waals surface area contributed by atoms with Crippen LogP contribution in [0.2, 0.25) is 5.15 Å². The van der Waals surface area contributed by atoms with Crippen LogP contribution in [-0.2, 0) is 6.42 Å². The molecule has 72 valence electrons. The highest BCUT2D eigenvalue weighted by Crippen LogP contribution is 2.20. The first kappa shape index (κ1) is 9.41. The van der Waals surface area contributed by atoms with E-state index in [4.69, 9.17) is 11.6 Å². The summed E-state index contributed by atoms with van der Waals surface area (Å²) in [7, 11) is 0. The fourth-order valence-electron chi connectivity index (χ4n) is 1.38. The summed E-state index contributed by atoms with van der Waals surface area (Å²) < 4.78 is 13.0. The molecule has 1 aromatic heterocycles. The number of pyridine rings is 1. The average Bonchev–Trinajstić information content (AvgIpc) is 2.19. The zero-order chi connectivity index (χ0) is 10.1. The zero-order valence-electron chi connectivity index (χ0n) is 7.72. The molecule has 0 bridgehead atoms. The van der Waals surface area contributed by atoms with E-state index in [0.29, 0.717) is 0 Å². The summed E-state index contributed by atoms with van der Waals surface area (Å²) in [5, 5.41) is 0.717. The molecule has 0 fully saturated rings. The maximum Gasteiger partial charge on any atom is 0.165 e. The Labute approximate surface area is 86.5 Å². The van der Waals surface area contributed by atoms with Crippen molar-refractivity contribution in [3.8, 4) is 0 Å². The topological polar surface area (TPSA) is 12.9 Å². The summed E-state index contributed by atoms with van der Waals surface area (Å²) in [4.78, 5) is 3.97. The van der Waals surface area contributed by atoms with Gasteiger partial charge in [0.25, 0.3) is 0 Å². The predicted molar refractivity (Wildman–Crippen MR) is 56.1 cm³/mol. The predicted octanol–water partition coefficient (Wildman–Crippen LogP) is 3.59. The largest absolute Gasteiger partial charge is 0.233 e. The minimum atomic E-state index is -0.469. The quantitative estimate of drug-likeness (QED) is 0.654. The van der Waals surface area contributed by atoms with Crippen molar-refractivity contribution in [3.05, 3.63) is 40.8 Å². The average molecular weight is 210 g/mol. The van der Waals surface area contributed by atoms with Crippen molar-refractivity contribution in [3.63, 3.8) is 0 Å². The van der Waals surface area contributed by atoms with Gasteiger partial charge in [-0.2, -0.15) is 0 Å². The number of halogens is 2. The molecule has 0 spiro atoms. The smallest absolute Gasteiger partial charge is 0.165 e. The second kappa shape index (κ2) is 3.54. The Kier molecular flexibility index (Phi) is 2.38. The Morgan fingerprint density at radius 1 is 1.36 bits per heavy atom. The molecule has 14 heavy (non-hydrogen) atoms. The lowest BCUT2D eigenvalue weighted by Crippen LogP contribution is -1.87. The van der Waals surface area contributed by atoms with Crippen molar-refractivity contribution in [1.82, 2.24) is 4.98 Å². The molecule has 0 aliphatic heterocycles. The van der Waals surface area contributed by atoms with Crippen molar-refractivity contribution in [2.75, 3.05) is 0 Å². The van der Waals surface area contributed by atoms with Gasteiger partial charge >= 0.3 is 0 Å². The minimum absolute atomic E-state index is 0.0641. The molecule has 0 saturated heterocycles.